The zero-order valence-electron chi connectivity index (χ0n) is 10.1. The first-order valence-electron chi connectivity index (χ1n) is 5.65. The average molecular weight is 234 g/mol. The van der Waals surface area contributed by atoms with E-state index in [2.05, 4.69) is 5.32 Å². The standard InChI is InChI=1S/C13H18N2O2/c1-16-9-2-8-15-11-12-3-5-13(6-4-12)17-10-7-14/h3-6,15H,2,8-11H2,1H3. The Bertz CT molecular complexity index is 343. The summed E-state index contributed by atoms with van der Waals surface area (Å²) in [5.41, 5.74) is 1.20. The number of nitrogens with zero attached hydrogens (tertiary/aromatic N) is 1. The van der Waals surface area contributed by atoms with Gasteiger partial charge >= 0.3 is 0 Å². The number of nitriles is 1. The van der Waals surface area contributed by atoms with E-state index >= 15 is 0 Å². The third kappa shape index (κ3) is 5.91. The van der Waals surface area contributed by atoms with Gasteiger partial charge in [0, 0.05) is 20.3 Å². The second-order valence-electron chi connectivity index (χ2n) is 3.61. The lowest BCUT2D eigenvalue weighted by Gasteiger charge is -2.06. The summed E-state index contributed by atoms with van der Waals surface area (Å²) in [6.07, 6.45) is 1.01. The van der Waals surface area contributed by atoms with E-state index in [4.69, 9.17) is 14.7 Å². The maximum Gasteiger partial charge on any atom is 0.174 e. The molecule has 0 aromatic heterocycles. The van der Waals surface area contributed by atoms with E-state index in [9.17, 15) is 0 Å². The third-order valence-corrected chi connectivity index (χ3v) is 2.26. The minimum Gasteiger partial charge on any atom is -0.479 e. The summed E-state index contributed by atoms with van der Waals surface area (Å²) in [4.78, 5) is 0. The minimum atomic E-state index is 0.0919. The SMILES string of the molecule is COCCCNCc1ccc(OCC#N)cc1. The molecule has 0 saturated heterocycles. The first-order valence-corrected chi connectivity index (χ1v) is 5.65. The van der Waals surface area contributed by atoms with Crippen LogP contribution in [0.15, 0.2) is 24.3 Å². The lowest BCUT2D eigenvalue weighted by Crippen LogP contribution is -2.15. The fraction of sp³-hybridized carbons (Fsp3) is 0.462. The van der Waals surface area contributed by atoms with Crippen LogP contribution in [-0.2, 0) is 11.3 Å². The van der Waals surface area contributed by atoms with Gasteiger partial charge in [0.1, 0.15) is 11.8 Å². The topological polar surface area (TPSA) is 54.3 Å². The Morgan fingerprint density at radius 1 is 1.29 bits per heavy atom. The molecular weight excluding hydrogens is 216 g/mol. The van der Waals surface area contributed by atoms with Crippen molar-refractivity contribution in [2.45, 2.75) is 13.0 Å². The van der Waals surface area contributed by atoms with Gasteiger partial charge in [0.15, 0.2) is 6.61 Å². The van der Waals surface area contributed by atoms with Crippen molar-refractivity contribution in [2.75, 3.05) is 26.9 Å². The molecule has 4 heteroatoms. The highest BCUT2D eigenvalue weighted by Gasteiger charge is 1.95. The van der Waals surface area contributed by atoms with Crippen LogP contribution < -0.4 is 10.1 Å². The molecule has 0 bridgehead atoms. The molecule has 0 amide bonds. The molecule has 17 heavy (non-hydrogen) atoms. The Hall–Kier alpha value is -1.57. The summed E-state index contributed by atoms with van der Waals surface area (Å²) in [6.45, 7) is 2.66. The number of hydrogen-bond acceptors (Lipinski definition) is 4. The molecular formula is C13H18N2O2. The summed E-state index contributed by atoms with van der Waals surface area (Å²) in [5, 5.41) is 11.7. The van der Waals surface area contributed by atoms with Crippen LogP contribution in [-0.4, -0.2) is 26.9 Å². The van der Waals surface area contributed by atoms with E-state index < -0.39 is 0 Å². The van der Waals surface area contributed by atoms with Gasteiger partial charge in [0.2, 0.25) is 0 Å². The highest BCUT2D eigenvalue weighted by Crippen LogP contribution is 2.11. The first-order chi connectivity index (χ1) is 8.36. The van der Waals surface area contributed by atoms with Gasteiger partial charge in [-0.2, -0.15) is 5.26 Å². The molecule has 0 aliphatic carbocycles. The van der Waals surface area contributed by atoms with E-state index in [0.717, 1.165) is 31.9 Å². The number of benzene rings is 1. The van der Waals surface area contributed by atoms with Crippen molar-refractivity contribution in [3.63, 3.8) is 0 Å². The summed E-state index contributed by atoms with van der Waals surface area (Å²) in [6, 6.07) is 9.69. The van der Waals surface area contributed by atoms with Gasteiger partial charge in [-0.1, -0.05) is 12.1 Å². The Balaban J connectivity index is 2.23. The van der Waals surface area contributed by atoms with Crippen LogP contribution in [0.4, 0.5) is 0 Å². The molecule has 0 fully saturated rings. The van der Waals surface area contributed by atoms with Crippen LogP contribution in [0.5, 0.6) is 5.75 Å². The van der Waals surface area contributed by atoms with Gasteiger partial charge in [-0.05, 0) is 30.7 Å². The van der Waals surface area contributed by atoms with Gasteiger partial charge < -0.3 is 14.8 Å². The molecule has 92 valence electrons. The highest BCUT2D eigenvalue weighted by molar-refractivity contribution is 5.27. The number of ether oxygens (including phenoxy) is 2. The zero-order chi connectivity index (χ0) is 12.3. The predicted octanol–water partition coefficient (Wildman–Crippen LogP) is 1.72. The lowest BCUT2D eigenvalue weighted by molar-refractivity contribution is 0.194. The van der Waals surface area contributed by atoms with Crippen LogP contribution in [0.1, 0.15) is 12.0 Å². The first kappa shape index (κ1) is 13.5. The van der Waals surface area contributed by atoms with Gasteiger partial charge in [-0.25, -0.2) is 0 Å². The monoisotopic (exact) mass is 234 g/mol. The second kappa shape index (κ2) is 8.57. The largest absolute Gasteiger partial charge is 0.479 e. The van der Waals surface area contributed by atoms with Crippen molar-refractivity contribution in [3.05, 3.63) is 29.8 Å². The number of nitrogens with one attached hydrogen (secondary N) is 1. The number of rotatable bonds is 8. The third-order valence-electron chi connectivity index (χ3n) is 2.26. The van der Waals surface area contributed by atoms with E-state index in [-0.39, 0.29) is 6.61 Å². The van der Waals surface area contributed by atoms with Crippen molar-refractivity contribution in [2.24, 2.45) is 0 Å². The fourth-order valence-electron chi connectivity index (χ4n) is 1.39. The Morgan fingerprint density at radius 3 is 2.71 bits per heavy atom. The van der Waals surface area contributed by atoms with Crippen LogP contribution in [0.3, 0.4) is 0 Å². The minimum absolute atomic E-state index is 0.0919. The quantitative estimate of drug-likeness (QED) is 0.696. The van der Waals surface area contributed by atoms with Crippen molar-refractivity contribution in [1.82, 2.24) is 5.32 Å². The van der Waals surface area contributed by atoms with Crippen LogP contribution >= 0.6 is 0 Å². The predicted molar refractivity (Wildman–Crippen MR) is 65.7 cm³/mol. The van der Waals surface area contributed by atoms with Crippen molar-refractivity contribution in [3.8, 4) is 11.8 Å². The maximum atomic E-state index is 8.37. The second-order valence-corrected chi connectivity index (χ2v) is 3.61. The van der Waals surface area contributed by atoms with Gasteiger partial charge in [-0.15, -0.1) is 0 Å². The van der Waals surface area contributed by atoms with Crippen molar-refractivity contribution < 1.29 is 9.47 Å². The van der Waals surface area contributed by atoms with Crippen LogP contribution in [0, 0.1) is 11.3 Å². The van der Waals surface area contributed by atoms with Crippen LogP contribution in [0.2, 0.25) is 0 Å². The molecule has 1 aromatic carbocycles. The van der Waals surface area contributed by atoms with Crippen molar-refractivity contribution in [1.29, 1.82) is 5.26 Å². The Labute approximate surface area is 102 Å². The van der Waals surface area contributed by atoms with Gasteiger partial charge in [-0.3, -0.25) is 0 Å². The molecule has 0 saturated carbocycles. The van der Waals surface area contributed by atoms with E-state index in [1.807, 2.05) is 30.3 Å². The van der Waals surface area contributed by atoms with E-state index in [0.29, 0.717) is 0 Å². The molecule has 0 aliphatic heterocycles. The summed E-state index contributed by atoms with van der Waals surface area (Å²) in [7, 11) is 1.71. The Kier molecular flexibility index (Phi) is 6.80. The van der Waals surface area contributed by atoms with Gasteiger partial charge in [0.05, 0.1) is 0 Å². The molecule has 4 nitrogen and oxygen atoms in total. The Morgan fingerprint density at radius 2 is 2.06 bits per heavy atom. The molecule has 1 aromatic rings. The van der Waals surface area contributed by atoms with Crippen LogP contribution in [0.25, 0.3) is 0 Å². The molecule has 1 rings (SSSR count). The summed E-state index contributed by atoms with van der Waals surface area (Å²) < 4.78 is 10.1. The summed E-state index contributed by atoms with van der Waals surface area (Å²) in [5.74, 6) is 0.731. The fourth-order valence-corrected chi connectivity index (χ4v) is 1.39. The molecule has 0 atom stereocenters. The average Bonchev–Trinajstić information content (AvgIpc) is 2.37. The number of hydrogen-bond donors (Lipinski definition) is 1. The molecule has 0 radical (unpaired) electrons. The smallest absolute Gasteiger partial charge is 0.174 e. The zero-order valence-corrected chi connectivity index (χ0v) is 10.1. The van der Waals surface area contributed by atoms with Crippen molar-refractivity contribution >= 4 is 0 Å². The van der Waals surface area contributed by atoms with E-state index in [1.165, 1.54) is 5.56 Å². The number of methoxy groups -OCH3 is 1. The molecule has 1 N–H and O–H groups in total. The molecule has 0 heterocycles. The molecule has 0 aliphatic rings. The molecule has 0 spiro atoms. The maximum absolute atomic E-state index is 8.37. The normalized spacial score (nSPS) is 9.88. The summed E-state index contributed by atoms with van der Waals surface area (Å²) >= 11 is 0. The lowest BCUT2D eigenvalue weighted by atomic mass is 10.2. The highest BCUT2D eigenvalue weighted by atomic mass is 16.5. The van der Waals surface area contributed by atoms with E-state index in [1.54, 1.807) is 7.11 Å². The van der Waals surface area contributed by atoms with Gasteiger partial charge in [0.25, 0.3) is 0 Å². The molecule has 0 unspecified atom stereocenters.